The molecule has 2 atom stereocenters. The van der Waals surface area contributed by atoms with Crippen molar-refractivity contribution in [2.24, 2.45) is 5.73 Å². The van der Waals surface area contributed by atoms with Crippen LogP contribution in [0.2, 0.25) is 0 Å². The van der Waals surface area contributed by atoms with Crippen LogP contribution in [0.3, 0.4) is 0 Å². The lowest BCUT2D eigenvalue weighted by molar-refractivity contribution is -0.135. The van der Waals surface area contributed by atoms with Gasteiger partial charge in [-0.3, -0.25) is 9.63 Å². The highest BCUT2D eigenvalue weighted by Crippen LogP contribution is 2.25. The first-order valence-corrected chi connectivity index (χ1v) is 10.4. The SMILES string of the molecule is NC(CC(=O)N1Cc2ccccc2CC1CNOC1CC1)Cc1cc(F)ccc1F. The van der Waals surface area contributed by atoms with Gasteiger partial charge in [-0.2, -0.15) is 0 Å². The van der Waals surface area contributed by atoms with Gasteiger partial charge in [0.25, 0.3) is 0 Å². The lowest BCUT2D eigenvalue weighted by atomic mass is 9.93. The van der Waals surface area contributed by atoms with Crippen molar-refractivity contribution in [3.8, 4) is 0 Å². The molecule has 2 aliphatic rings. The van der Waals surface area contributed by atoms with Crippen LogP contribution >= 0.6 is 0 Å². The third kappa shape index (κ3) is 5.22. The molecule has 0 aromatic heterocycles. The summed E-state index contributed by atoms with van der Waals surface area (Å²) in [5.74, 6) is -1.11. The van der Waals surface area contributed by atoms with Gasteiger partial charge in [-0.05, 0) is 60.6 Å². The van der Waals surface area contributed by atoms with Gasteiger partial charge in [-0.25, -0.2) is 14.3 Å². The molecule has 3 N–H and O–H groups in total. The van der Waals surface area contributed by atoms with E-state index in [1.165, 1.54) is 5.56 Å². The number of rotatable bonds is 8. The maximum atomic E-state index is 13.9. The number of hydrogen-bond acceptors (Lipinski definition) is 4. The summed E-state index contributed by atoms with van der Waals surface area (Å²) in [6.45, 7) is 1.04. The summed E-state index contributed by atoms with van der Waals surface area (Å²) in [5.41, 5.74) is 11.7. The zero-order valence-electron chi connectivity index (χ0n) is 16.8. The number of carbonyl (C=O) groups is 1. The number of halogens is 2. The topological polar surface area (TPSA) is 67.6 Å². The van der Waals surface area contributed by atoms with Gasteiger partial charge in [-0.1, -0.05) is 24.3 Å². The molecule has 1 aliphatic heterocycles. The van der Waals surface area contributed by atoms with E-state index >= 15 is 0 Å². The van der Waals surface area contributed by atoms with Gasteiger partial charge >= 0.3 is 0 Å². The summed E-state index contributed by atoms with van der Waals surface area (Å²) in [7, 11) is 0. The van der Waals surface area contributed by atoms with E-state index in [2.05, 4.69) is 11.5 Å². The number of nitrogens with zero attached hydrogens (tertiary/aromatic N) is 1. The summed E-state index contributed by atoms with van der Waals surface area (Å²) in [6.07, 6.45) is 3.31. The number of hydrogen-bond donors (Lipinski definition) is 2. The summed E-state index contributed by atoms with van der Waals surface area (Å²) in [4.78, 5) is 20.5. The van der Waals surface area contributed by atoms with E-state index in [1.54, 1.807) is 0 Å². The third-order valence-corrected chi connectivity index (χ3v) is 5.70. The summed E-state index contributed by atoms with van der Waals surface area (Å²) in [5, 5.41) is 0. The molecule has 1 aliphatic carbocycles. The van der Waals surface area contributed by atoms with E-state index in [0.29, 0.717) is 13.1 Å². The Hall–Kier alpha value is -2.35. The van der Waals surface area contributed by atoms with Crippen molar-refractivity contribution in [3.05, 3.63) is 70.8 Å². The van der Waals surface area contributed by atoms with Crippen molar-refractivity contribution in [1.82, 2.24) is 10.4 Å². The van der Waals surface area contributed by atoms with Gasteiger partial charge < -0.3 is 10.6 Å². The number of benzene rings is 2. The van der Waals surface area contributed by atoms with E-state index in [1.807, 2.05) is 23.1 Å². The average molecular weight is 415 g/mol. The fourth-order valence-corrected chi connectivity index (χ4v) is 3.91. The Kier molecular flexibility index (Phi) is 6.41. The van der Waals surface area contributed by atoms with Gasteiger partial charge in [0, 0.05) is 25.6 Å². The Labute approximate surface area is 175 Å². The number of carbonyl (C=O) groups excluding carboxylic acids is 1. The summed E-state index contributed by atoms with van der Waals surface area (Å²) < 4.78 is 27.3. The lowest BCUT2D eigenvalue weighted by Crippen LogP contribution is -2.50. The molecule has 5 nitrogen and oxygen atoms in total. The van der Waals surface area contributed by atoms with Crippen LogP contribution < -0.4 is 11.2 Å². The largest absolute Gasteiger partial charge is 0.334 e. The smallest absolute Gasteiger partial charge is 0.224 e. The molecule has 30 heavy (non-hydrogen) atoms. The van der Waals surface area contributed by atoms with Crippen molar-refractivity contribution in [1.29, 1.82) is 0 Å². The zero-order chi connectivity index (χ0) is 21.1. The molecule has 1 fully saturated rings. The molecule has 2 aromatic rings. The van der Waals surface area contributed by atoms with E-state index in [9.17, 15) is 13.6 Å². The first-order chi connectivity index (χ1) is 14.5. The van der Waals surface area contributed by atoms with Crippen molar-refractivity contribution in [2.75, 3.05) is 6.54 Å². The highest BCUT2D eigenvalue weighted by Gasteiger charge is 2.31. The molecule has 1 amide bonds. The van der Waals surface area contributed by atoms with Crippen LogP contribution in [0.5, 0.6) is 0 Å². The van der Waals surface area contributed by atoms with Gasteiger partial charge in [0.1, 0.15) is 11.6 Å². The van der Waals surface area contributed by atoms with Crippen molar-refractivity contribution >= 4 is 5.91 Å². The van der Waals surface area contributed by atoms with Gasteiger partial charge in [0.05, 0.1) is 12.1 Å². The molecule has 2 aromatic carbocycles. The Bertz CT molecular complexity index is 904. The lowest BCUT2D eigenvalue weighted by Gasteiger charge is -2.37. The van der Waals surface area contributed by atoms with Crippen molar-refractivity contribution in [2.45, 2.75) is 56.8 Å². The summed E-state index contributed by atoms with van der Waals surface area (Å²) >= 11 is 0. The van der Waals surface area contributed by atoms with Crippen LogP contribution in [0.1, 0.15) is 36.0 Å². The number of amides is 1. The van der Waals surface area contributed by atoms with E-state index in [0.717, 1.165) is 43.0 Å². The molecule has 0 bridgehead atoms. The molecular formula is C23H27F2N3O2. The Morgan fingerprint density at radius 2 is 1.97 bits per heavy atom. The molecule has 1 heterocycles. The number of hydroxylamine groups is 1. The van der Waals surface area contributed by atoms with Gasteiger partial charge in [-0.15, -0.1) is 0 Å². The highest BCUT2D eigenvalue weighted by atomic mass is 19.1. The minimum absolute atomic E-state index is 0.0516. The Morgan fingerprint density at radius 3 is 2.73 bits per heavy atom. The predicted octanol–water partition coefficient (Wildman–Crippen LogP) is 2.86. The zero-order valence-corrected chi connectivity index (χ0v) is 16.8. The second-order valence-electron chi connectivity index (χ2n) is 8.22. The molecule has 0 saturated heterocycles. The van der Waals surface area contributed by atoms with Crippen molar-refractivity contribution in [3.63, 3.8) is 0 Å². The van der Waals surface area contributed by atoms with Crippen LogP contribution in [-0.2, 0) is 29.0 Å². The molecule has 0 radical (unpaired) electrons. The molecule has 0 spiro atoms. The first-order valence-electron chi connectivity index (χ1n) is 10.4. The quantitative estimate of drug-likeness (QED) is 0.651. The first kappa shape index (κ1) is 20.9. The van der Waals surface area contributed by atoms with Crippen LogP contribution in [0, 0.1) is 11.6 Å². The Morgan fingerprint density at radius 1 is 1.20 bits per heavy atom. The highest BCUT2D eigenvalue weighted by molar-refractivity contribution is 5.77. The molecule has 2 unspecified atom stereocenters. The fraction of sp³-hybridized carbons (Fsp3) is 0.435. The maximum absolute atomic E-state index is 13.9. The predicted molar refractivity (Wildman–Crippen MR) is 109 cm³/mol. The molecule has 160 valence electrons. The number of nitrogens with one attached hydrogen (secondary N) is 1. The minimum atomic E-state index is -0.595. The number of nitrogens with two attached hydrogens (primary N) is 1. The normalized spacial score (nSPS) is 19.4. The van der Waals surface area contributed by atoms with Crippen molar-refractivity contribution < 1.29 is 18.4 Å². The van der Waals surface area contributed by atoms with Gasteiger partial charge in [0.2, 0.25) is 5.91 Å². The van der Waals surface area contributed by atoms with Crippen LogP contribution in [0.15, 0.2) is 42.5 Å². The van der Waals surface area contributed by atoms with Crippen LogP contribution in [0.25, 0.3) is 0 Å². The summed E-state index contributed by atoms with van der Waals surface area (Å²) in [6, 6.07) is 10.7. The molecular weight excluding hydrogens is 388 g/mol. The standard InChI is InChI=1S/C23H27F2N3O2/c24-18-5-8-22(25)17(9-18)10-19(26)12-23(29)28-14-16-4-2-1-3-15(16)11-20(28)13-27-30-21-6-7-21/h1-5,8-9,19-21,27H,6-7,10-14,26H2. The fourth-order valence-electron chi connectivity index (χ4n) is 3.91. The van der Waals surface area contributed by atoms with E-state index in [-0.39, 0.29) is 36.5 Å². The third-order valence-electron chi connectivity index (χ3n) is 5.70. The van der Waals surface area contributed by atoms with Crippen LogP contribution in [0.4, 0.5) is 8.78 Å². The second-order valence-corrected chi connectivity index (χ2v) is 8.22. The monoisotopic (exact) mass is 415 g/mol. The molecule has 7 heteroatoms. The molecule has 1 saturated carbocycles. The van der Waals surface area contributed by atoms with Gasteiger partial charge in [0.15, 0.2) is 0 Å². The number of fused-ring (bicyclic) bond motifs is 1. The average Bonchev–Trinajstić information content (AvgIpc) is 3.54. The molecule has 4 rings (SSSR count). The Balaban J connectivity index is 1.41. The minimum Gasteiger partial charge on any atom is -0.334 e. The second kappa shape index (κ2) is 9.20. The maximum Gasteiger partial charge on any atom is 0.224 e. The van der Waals surface area contributed by atoms with E-state index < -0.39 is 17.7 Å². The van der Waals surface area contributed by atoms with Crippen LogP contribution in [-0.4, -0.2) is 35.5 Å². The van der Waals surface area contributed by atoms with E-state index in [4.69, 9.17) is 10.6 Å².